The van der Waals surface area contributed by atoms with Gasteiger partial charge in [-0.3, -0.25) is 10.1 Å². The Bertz CT molecular complexity index is 804. The van der Waals surface area contributed by atoms with E-state index in [-0.39, 0.29) is 0 Å². The third-order valence-corrected chi connectivity index (χ3v) is 4.43. The predicted octanol–water partition coefficient (Wildman–Crippen LogP) is 4.29. The number of rotatable bonds is 3. The van der Waals surface area contributed by atoms with E-state index in [1.165, 1.54) is 6.07 Å². The van der Waals surface area contributed by atoms with Gasteiger partial charge in [0.2, 0.25) is 0 Å². The first-order valence-corrected chi connectivity index (χ1v) is 8.45. The molecule has 2 aromatic rings. The molecule has 0 aliphatic carbocycles. The van der Waals surface area contributed by atoms with Gasteiger partial charge in [-0.15, -0.1) is 0 Å². The molecule has 1 aliphatic heterocycles. The van der Waals surface area contributed by atoms with Crippen LogP contribution in [0.3, 0.4) is 0 Å². The van der Waals surface area contributed by atoms with Gasteiger partial charge < -0.3 is 4.90 Å². The second-order valence-corrected chi connectivity index (χ2v) is 6.63. The lowest BCUT2D eigenvalue weighted by molar-refractivity contribution is -0.137. The second-order valence-electron chi connectivity index (χ2n) is 6.04. The minimum Gasteiger partial charge on any atom is -0.368 e. The van der Waals surface area contributed by atoms with Gasteiger partial charge in [0.15, 0.2) is 0 Å². The van der Waals surface area contributed by atoms with Crippen molar-refractivity contribution in [3.63, 3.8) is 0 Å². The van der Waals surface area contributed by atoms with Crippen LogP contribution in [0.4, 0.5) is 13.2 Å². The zero-order valence-electron chi connectivity index (χ0n) is 14.1. The van der Waals surface area contributed by atoms with Crippen molar-refractivity contribution in [2.45, 2.75) is 20.0 Å². The minimum atomic E-state index is -4.32. The van der Waals surface area contributed by atoms with E-state index in [4.69, 9.17) is 11.6 Å². The highest BCUT2D eigenvalue weighted by atomic mass is 35.5. The predicted molar refractivity (Wildman–Crippen MR) is 94.2 cm³/mol. The van der Waals surface area contributed by atoms with E-state index in [2.05, 4.69) is 15.0 Å². The van der Waals surface area contributed by atoms with Gasteiger partial charge in [-0.1, -0.05) is 17.7 Å². The lowest BCUT2D eigenvalue weighted by Gasteiger charge is -2.40. The molecule has 2 heterocycles. The number of nitrogens with zero attached hydrogens (tertiary/aromatic N) is 3. The van der Waals surface area contributed by atoms with E-state index in [1.54, 1.807) is 0 Å². The molecule has 8 heteroatoms. The second kappa shape index (κ2) is 6.71. The summed E-state index contributed by atoms with van der Waals surface area (Å²) < 4.78 is 38.2. The first-order valence-electron chi connectivity index (χ1n) is 8.07. The Balaban J connectivity index is 1.70. The zero-order valence-corrected chi connectivity index (χ0v) is 14.8. The highest BCUT2D eigenvalue weighted by Crippen LogP contribution is 2.31. The normalized spacial score (nSPS) is 17.7. The van der Waals surface area contributed by atoms with E-state index in [0.717, 1.165) is 54.6 Å². The maximum absolute atomic E-state index is 12.7. The van der Waals surface area contributed by atoms with Crippen molar-refractivity contribution in [2.75, 3.05) is 31.2 Å². The lowest BCUT2D eigenvalue weighted by Crippen LogP contribution is -2.52. The maximum Gasteiger partial charge on any atom is 0.416 e. The molecule has 25 heavy (non-hydrogen) atoms. The molecule has 1 aromatic heterocycles. The molecule has 1 aliphatic rings. The monoisotopic (exact) mass is 372 g/mol. The molecule has 1 N–H and O–H groups in total. The van der Waals surface area contributed by atoms with E-state index in [0.29, 0.717) is 5.52 Å². The third-order valence-electron chi connectivity index (χ3n) is 4.33. The van der Waals surface area contributed by atoms with Gasteiger partial charge in [-0.25, -0.2) is 0 Å². The number of hydrogen-bond acceptors (Lipinski definition) is 2. The molecule has 1 saturated heterocycles. The maximum atomic E-state index is 12.7. The van der Waals surface area contributed by atoms with Gasteiger partial charge >= 0.3 is 6.18 Å². The smallest absolute Gasteiger partial charge is 0.368 e. The van der Waals surface area contributed by atoms with Crippen LogP contribution < -0.4 is 5.01 Å². The summed E-state index contributed by atoms with van der Waals surface area (Å²) in [7, 11) is 0. The van der Waals surface area contributed by atoms with Gasteiger partial charge in [-0.05, 0) is 38.1 Å². The summed E-state index contributed by atoms with van der Waals surface area (Å²) >= 11 is 5.97. The van der Waals surface area contributed by atoms with E-state index in [9.17, 15) is 13.2 Å². The Labute approximate surface area is 149 Å². The Kier molecular flexibility index (Phi) is 4.77. The highest BCUT2D eigenvalue weighted by molar-refractivity contribution is 6.29. The number of alkyl halides is 3. The fourth-order valence-corrected chi connectivity index (χ4v) is 3.16. The summed E-state index contributed by atoms with van der Waals surface area (Å²) in [6.07, 6.45) is -0.357. The molecule has 0 atom stereocenters. The summed E-state index contributed by atoms with van der Waals surface area (Å²) in [5.74, 6) is 0. The fourth-order valence-electron chi connectivity index (χ4n) is 3.05. The topological polar surface area (TPSA) is 27.2 Å². The summed E-state index contributed by atoms with van der Waals surface area (Å²) in [6, 6.07) is 3.78. The molecular weight excluding hydrogens is 353 g/mol. The standard InChI is InChI=1S/C17H20ClF3N4/c1-3-14(10-12(2)18)23-6-8-24(9-7-23)25-16-5-4-13(17(19,20)21)11-15(16)22-25/h3-5,10-11,22H,6-9H2,1-2H3/b12-10+,14-3+. The van der Waals surface area contributed by atoms with Crippen LogP contribution in [0.15, 0.2) is 41.1 Å². The number of nitrogens with one attached hydrogen (secondary N) is 1. The number of fused-ring (bicyclic) bond motifs is 1. The van der Waals surface area contributed by atoms with Crippen LogP contribution in [0, 0.1) is 0 Å². The zero-order chi connectivity index (χ0) is 18.2. The number of H-pyrrole nitrogens is 1. The summed E-state index contributed by atoms with van der Waals surface area (Å²) in [4.78, 5) is 4.07. The Morgan fingerprint density at radius 2 is 1.88 bits per heavy atom. The van der Waals surface area contributed by atoms with Gasteiger partial charge in [0.1, 0.15) is 5.52 Å². The number of allylic oxidation sites excluding steroid dienone is 3. The minimum absolute atomic E-state index is 0.507. The largest absolute Gasteiger partial charge is 0.416 e. The summed E-state index contributed by atoms with van der Waals surface area (Å²) in [5, 5.41) is 5.81. The van der Waals surface area contributed by atoms with Crippen LogP contribution in [0.5, 0.6) is 0 Å². The van der Waals surface area contributed by atoms with Gasteiger partial charge in [0.05, 0.1) is 24.2 Å². The third kappa shape index (κ3) is 3.66. The number of aromatic amines is 1. The summed E-state index contributed by atoms with van der Waals surface area (Å²) in [5.41, 5.74) is 1.72. The van der Waals surface area contributed by atoms with Crippen molar-refractivity contribution in [1.29, 1.82) is 0 Å². The van der Waals surface area contributed by atoms with Crippen molar-refractivity contribution in [1.82, 2.24) is 14.8 Å². The van der Waals surface area contributed by atoms with Crippen LogP contribution in [0.2, 0.25) is 0 Å². The first kappa shape index (κ1) is 17.8. The number of hydrogen-bond donors (Lipinski definition) is 1. The van der Waals surface area contributed by atoms with Crippen molar-refractivity contribution in [2.24, 2.45) is 0 Å². The first-order chi connectivity index (χ1) is 11.8. The highest BCUT2D eigenvalue weighted by Gasteiger charge is 2.31. The quantitative estimate of drug-likeness (QED) is 0.814. The van der Waals surface area contributed by atoms with E-state index >= 15 is 0 Å². The van der Waals surface area contributed by atoms with Crippen molar-refractivity contribution in [3.05, 3.63) is 46.6 Å². The van der Waals surface area contributed by atoms with Crippen LogP contribution in [-0.4, -0.2) is 41.0 Å². The SMILES string of the molecule is C/C=C(\C=C(/C)Cl)N1CCN(n2[nH]c3cc(C(F)(F)F)ccc32)CC1. The molecule has 0 saturated carbocycles. The molecule has 0 amide bonds. The number of aromatic nitrogens is 2. The number of halogens is 4. The average molecular weight is 373 g/mol. The van der Waals surface area contributed by atoms with Crippen LogP contribution in [0.25, 0.3) is 11.0 Å². The fraction of sp³-hybridized carbons (Fsp3) is 0.412. The molecule has 0 radical (unpaired) electrons. The molecule has 0 bridgehead atoms. The van der Waals surface area contributed by atoms with Crippen LogP contribution >= 0.6 is 11.6 Å². The number of benzene rings is 1. The number of piperazine rings is 1. The molecule has 4 nitrogen and oxygen atoms in total. The van der Waals surface area contributed by atoms with Crippen LogP contribution in [-0.2, 0) is 6.18 Å². The van der Waals surface area contributed by atoms with Gasteiger partial charge in [-0.2, -0.15) is 18.0 Å². The Morgan fingerprint density at radius 1 is 1.20 bits per heavy atom. The molecule has 1 aromatic carbocycles. The Morgan fingerprint density at radius 3 is 2.40 bits per heavy atom. The molecule has 3 rings (SSSR count). The average Bonchev–Trinajstić information content (AvgIpc) is 2.53. The van der Waals surface area contributed by atoms with Crippen molar-refractivity contribution in [3.8, 4) is 0 Å². The van der Waals surface area contributed by atoms with E-state index in [1.807, 2.05) is 30.8 Å². The lowest BCUT2D eigenvalue weighted by atomic mass is 10.2. The Hall–Kier alpha value is -2.02. The molecular formula is C17H20ClF3N4. The molecule has 0 spiro atoms. The molecule has 136 valence electrons. The summed E-state index contributed by atoms with van der Waals surface area (Å²) in [6.45, 7) is 6.98. The van der Waals surface area contributed by atoms with Crippen LogP contribution in [0.1, 0.15) is 19.4 Å². The molecule has 0 unspecified atom stereocenters. The molecule has 1 fully saturated rings. The van der Waals surface area contributed by atoms with Gasteiger partial charge in [0, 0.05) is 23.8 Å². The van der Waals surface area contributed by atoms with E-state index < -0.39 is 11.7 Å². The van der Waals surface area contributed by atoms with Crippen molar-refractivity contribution >= 4 is 22.6 Å². The van der Waals surface area contributed by atoms with Crippen molar-refractivity contribution < 1.29 is 13.2 Å². The van der Waals surface area contributed by atoms with Gasteiger partial charge in [0.25, 0.3) is 0 Å².